The molecule has 1 fully saturated rings. The van der Waals surface area contributed by atoms with E-state index in [4.69, 9.17) is 14.2 Å². The molecule has 1 amide bonds. The summed E-state index contributed by atoms with van der Waals surface area (Å²) < 4.78 is 19.0. The first-order valence-electron chi connectivity index (χ1n) is 13.1. The Bertz CT molecular complexity index is 1140. The van der Waals surface area contributed by atoms with Crippen molar-refractivity contribution in [3.63, 3.8) is 0 Å². The number of unbranched alkanes of at least 4 members (excludes halogenated alkanes) is 1. The van der Waals surface area contributed by atoms with Crippen molar-refractivity contribution >= 4 is 22.7 Å². The zero-order chi connectivity index (χ0) is 26.1. The Labute approximate surface area is 218 Å². The van der Waals surface area contributed by atoms with Gasteiger partial charge in [-0.2, -0.15) is 5.10 Å². The number of aromatic nitrogens is 4. The Morgan fingerprint density at radius 1 is 1.19 bits per heavy atom. The number of nitrogens with one attached hydrogen (secondary N) is 2. The summed E-state index contributed by atoms with van der Waals surface area (Å²) in [5.41, 5.74) is 3.37. The van der Waals surface area contributed by atoms with Gasteiger partial charge in [0, 0.05) is 49.1 Å². The number of fused-ring (bicyclic) bond motifs is 1. The third-order valence-electron chi connectivity index (χ3n) is 5.97. The number of nitrogens with zero attached hydrogens (tertiary/aromatic N) is 4. The molecule has 1 atom stereocenters. The number of ether oxygens (including phenoxy) is 3. The van der Waals surface area contributed by atoms with Gasteiger partial charge in [-0.05, 0) is 71.1 Å². The van der Waals surface area contributed by atoms with Gasteiger partial charge in [0.1, 0.15) is 11.9 Å². The monoisotopic (exact) mass is 510 g/mol. The standard InChI is InChI=1S/C27H38N6O4/c1-27(2,3)37-26(34)30-10-5-7-13-35-15-12-29-23-16-20(22-9-11-28-19-31-22)17-24-21(23)18-32-33(24)25-8-4-6-14-36-25/h9,11,16-19,25,29H,4-8,10,12-15H2,1-3H3,(H,30,34). The first-order valence-corrected chi connectivity index (χ1v) is 13.1. The molecule has 1 unspecified atom stereocenters. The fourth-order valence-corrected chi connectivity index (χ4v) is 4.24. The maximum atomic E-state index is 11.7. The molecular formula is C27H38N6O4. The van der Waals surface area contributed by atoms with Gasteiger partial charge in [-0.3, -0.25) is 0 Å². The molecule has 10 heteroatoms. The maximum absolute atomic E-state index is 11.7. The highest BCUT2D eigenvalue weighted by atomic mass is 16.6. The Hall–Kier alpha value is -3.24. The summed E-state index contributed by atoms with van der Waals surface area (Å²) >= 11 is 0. The van der Waals surface area contributed by atoms with Crippen LogP contribution in [-0.2, 0) is 14.2 Å². The van der Waals surface area contributed by atoms with Crippen LogP contribution in [0.1, 0.15) is 59.1 Å². The average Bonchev–Trinajstić information content (AvgIpc) is 3.32. The van der Waals surface area contributed by atoms with Gasteiger partial charge in [0.05, 0.1) is 24.0 Å². The number of amides is 1. The van der Waals surface area contributed by atoms with E-state index in [1.165, 1.54) is 0 Å². The molecule has 2 N–H and O–H groups in total. The Morgan fingerprint density at radius 3 is 2.84 bits per heavy atom. The summed E-state index contributed by atoms with van der Waals surface area (Å²) in [5.74, 6) is 0. The highest BCUT2D eigenvalue weighted by Crippen LogP contribution is 2.33. The summed E-state index contributed by atoms with van der Waals surface area (Å²) in [7, 11) is 0. The third-order valence-corrected chi connectivity index (χ3v) is 5.97. The lowest BCUT2D eigenvalue weighted by Gasteiger charge is -2.23. The van der Waals surface area contributed by atoms with Crippen LogP contribution in [0.5, 0.6) is 0 Å². The summed E-state index contributed by atoms with van der Waals surface area (Å²) in [6, 6.07) is 6.12. The van der Waals surface area contributed by atoms with E-state index in [1.807, 2.05) is 37.7 Å². The molecule has 1 aliphatic heterocycles. The van der Waals surface area contributed by atoms with E-state index in [-0.39, 0.29) is 12.3 Å². The molecule has 0 spiro atoms. The third kappa shape index (κ3) is 7.87. The van der Waals surface area contributed by atoms with Crippen LogP contribution < -0.4 is 10.6 Å². The van der Waals surface area contributed by atoms with Gasteiger partial charge >= 0.3 is 6.09 Å². The van der Waals surface area contributed by atoms with E-state index in [0.29, 0.717) is 26.3 Å². The minimum absolute atomic E-state index is 0.0482. The smallest absolute Gasteiger partial charge is 0.407 e. The molecule has 37 heavy (non-hydrogen) atoms. The van der Waals surface area contributed by atoms with Crippen molar-refractivity contribution < 1.29 is 19.0 Å². The van der Waals surface area contributed by atoms with E-state index < -0.39 is 5.60 Å². The highest BCUT2D eigenvalue weighted by molar-refractivity contribution is 5.95. The van der Waals surface area contributed by atoms with E-state index in [1.54, 1.807) is 12.5 Å². The van der Waals surface area contributed by atoms with Gasteiger partial charge in [0.2, 0.25) is 0 Å². The van der Waals surface area contributed by atoms with Gasteiger partial charge in [0.25, 0.3) is 0 Å². The largest absolute Gasteiger partial charge is 0.444 e. The van der Waals surface area contributed by atoms with Crippen LogP contribution in [0.3, 0.4) is 0 Å². The van der Waals surface area contributed by atoms with Gasteiger partial charge < -0.3 is 24.8 Å². The van der Waals surface area contributed by atoms with Crippen molar-refractivity contribution in [2.75, 3.05) is 38.2 Å². The summed E-state index contributed by atoms with van der Waals surface area (Å²) in [4.78, 5) is 20.2. The molecule has 0 saturated carbocycles. The number of hydrogen-bond donors (Lipinski definition) is 2. The second kappa shape index (κ2) is 12.8. The number of alkyl carbamates (subject to hydrolysis) is 1. The van der Waals surface area contributed by atoms with Crippen LogP contribution >= 0.6 is 0 Å². The first kappa shape index (κ1) is 26.8. The van der Waals surface area contributed by atoms with Crippen molar-refractivity contribution in [2.24, 2.45) is 0 Å². The van der Waals surface area contributed by atoms with Gasteiger partial charge in [-0.15, -0.1) is 0 Å². The highest BCUT2D eigenvalue weighted by Gasteiger charge is 2.20. The molecule has 3 aromatic rings. The zero-order valence-corrected chi connectivity index (χ0v) is 22.0. The fraction of sp³-hybridized carbons (Fsp3) is 0.556. The van der Waals surface area contributed by atoms with Crippen LogP contribution in [0, 0.1) is 0 Å². The van der Waals surface area contributed by atoms with Crippen molar-refractivity contribution in [3.05, 3.63) is 36.9 Å². The second-order valence-corrected chi connectivity index (χ2v) is 10.1. The predicted octanol–water partition coefficient (Wildman–Crippen LogP) is 4.93. The number of anilines is 1. The predicted molar refractivity (Wildman–Crippen MR) is 142 cm³/mol. The minimum Gasteiger partial charge on any atom is -0.444 e. The van der Waals surface area contributed by atoms with Crippen LogP contribution in [0.2, 0.25) is 0 Å². The molecule has 1 aliphatic rings. The fourth-order valence-electron chi connectivity index (χ4n) is 4.24. The molecule has 1 saturated heterocycles. The van der Waals surface area contributed by atoms with Crippen LogP contribution in [0.25, 0.3) is 22.2 Å². The molecular weight excluding hydrogens is 472 g/mol. The number of benzene rings is 1. The van der Waals surface area contributed by atoms with E-state index in [0.717, 1.165) is 66.6 Å². The molecule has 10 nitrogen and oxygen atoms in total. The van der Waals surface area contributed by atoms with Gasteiger partial charge in [-0.25, -0.2) is 19.4 Å². The molecule has 0 bridgehead atoms. The maximum Gasteiger partial charge on any atom is 0.407 e. The second-order valence-electron chi connectivity index (χ2n) is 10.1. The van der Waals surface area contributed by atoms with Crippen LogP contribution in [0.4, 0.5) is 10.5 Å². The summed E-state index contributed by atoms with van der Waals surface area (Å²) in [6.07, 6.45) is 9.65. The number of rotatable bonds is 11. The van der Waals surface area contributed by atoms with Crippen molar-refractivity contribution in [1.29, 1.82) is 0 Å². The SMILES string of the molecule is CC(C)(C)OC(=O)NCCCCOCCNc1cc(-c2ccncn2)cc2c1cnn2C1CCCCO1. The van der Waals surface area contributed by atoms with Crippen LogP contribution in [-0.4, -0.2) is 64.4 Å². The number of hydrogen-bond acceptors (Lipinski definition) is 8. The average molecular weight is 511 g/mol. The Balaban J connectivity index is 1.30. The molecule has 1 aromatic carbocycles. The lowest BCUT2D eigenvalue weighted by atomic mass is 10.1. The first-order chi connectivity index (χ1) is 17.9. The van der Waals surface area contributed by atoms with Crippen molar-refractivity contribution in [2.45, 2.75) is 64.7 Å². The number of carbonyl (C=O) groups excluding carboxylic acids is 1. The Morgan fingerprint density at radius 2 is 2.08 bits per heavy atom. The van der Waals surface area contributed by atoms with Crippen molar-refractivity contribution in [1.82, 2.24) is 25.1 Å². The van der Waals surface area contributed by atoms with Crippen LogP contribution in [0.15, 0.2) is 36.9 Å². The summed E-state index contributed by atoms with van der Waals surface area (Å²) in [6.45, 7) is 8.73. The molecule has 2 aromatic heterocycles. The van der Waals surface area contributed by atoms with Gasteiger partial charge in [0.15, 0.2) is 6.23 Å². The van der Waals surface area contributed by atoms with Crippen molar-refractivity contribution in [3.8, 4) is 11.3 Å². The molecule has 3 heterocycles. The molecule has 4 rings (SSSR count). The lowest BCUT2D eigenvalue weighted by Crippen LogP contribution is -2.33. The topological polar surface area (TPSA) is 112 Å². The minimum atomic E-state index is -0.484. The quantitative estimate of drug-likeness (QED) is 0.349. The Kier molecular flexibility index (Phi) is 9.29. The molecule has 0 aliphatic carbocycles. The van der Waals surface area contributed by atoms with E-state index in [9.17, 15) is 4.79 Å². The number of carbonyl (C=O) groups is 1. The lowest BCUT2D eigenvalue weighted by molar-refractivity contribution is -0.0366. The van der Waals surface area contributed by atoms with E-state index in [2.05, 4.69) is 37.8 Å². The zero-order valence-electron chi connectivity index (χ0n) is 22.0. The van der Waals surface area contributed by atoms with E-state index >= 15 is 0 Å². The summed E-state index contributed by atoms with van der Waals surface area (Å²) in [5, 5.41) is 12.0. The molecule has 200 valence electrons. The molecule has 0 radical (unpaired) electrons. The normalized spacial score (nSPS) is 16.0. The van der Waals surface area contributed by atoms with Gasteiger partial charge in [-0.1, -0.05) is 0 Å².